The Kier molecular flexibility index (Phi) is 1.85. The molecule has 0 saturated carbocycles. The molecular weight excluding hydrogens is 200 g/mol. The Labute approximate surface area is 65.9 Å². The van der Waals surface area contributed by atoms with Crippen LogP contribution in [0.25, 0.3) is 0 Å². The van der Waals surface area contributed by atoms with Gasteiger partial charge in [-0.2, -0.15) is 0 Å². The van der Waals surface area contributed by atoms with Crippen molar-refractivity contribution < 1.29 is 4.74 Å². The summed E-state index contributed by atoms with van der Waals surface area (Å²) in [5, 5.41) is 2.72. The van der Waals surface area contributed by atoms with Gasteiger partial charge in [0.25, 0.3) is 0 Å². The van der Waals surface area contributed by atoms with Crippen molar-refractivity contribution in [3.63, 3.8) is 0 Å². The van der Waals surface area contributed by atoms with E-state index in [1.165, 1.54) is 11.8 Å². The molecule has 0 unspecified atom stereocenters. The van der Waals surface area contributed by atoms with E-state index in [1.807, 2.05) is 0 Å². The topological polar surface area (TPSA) is 47.0 Å². The zero-order valence-electron chi connectivity index (χ0n) is 5.64. The van der Waals surface area contributed by atoms with Gasteiger partial charge in [0.1, 0.15) is 4.60 Å². The first-order valence-corrected chi connectivity index (χ1v) is 3.44. The van der Waals surface area contributed by atoms with Gasteiger partial charge in [0.2, 0.25) is 5.75 Å². The molecule has 0 amide bonds. The molecule has 0 bridgehead atoms. The van der Waals surface area contributed by atoms with Crippen molar-refractivity contribution in [2.75, 3.05) is 7.11 Å². The second-order valence-electron chi connectivity index (χ2n) is 1.82. The normalized spacial score (nSPS) is 9.90. The quantitative estimate of drug-likeness (QED) is 0.728. The maximum absolute atomic E-state index is 11.0. The number of methoxy groups -OCH3 is 1. The van der Waals surface area contributed by atoms with Gasteiger partial charge < -0.3 is 4.74 Å². The lowest BCUT2D eigenvalue weighted by atomic mass is 10.6. The maximum Gasteiger partial charge on any atom is 0.309 e. The van der Waals surface area contributed by atoms with Crippen molar-refractivity contribution in [2.24, 2.45) is 7.05 Å². The van der Waals surface area contributed by atoms with E-state index < -0.39 is 0 Å². The molecule has 1 heterocycles. The van der Waals surface area contributed by atoms with Gasteiger partial charge in [-0.3, -0.25) is 14.6 Å². The number of hydrogen-bond acceptors (Lipinski definition) is 2. The molecule has 5 heteroatoms. The number of nitrogens with zero attached hydrogens (tertiary/aromatic N) is 1. The van der Waals surface area contributed by atoms with E-state index in [9.17, 15) is 4.79 Å². The number of aromatic nitrogens is 2. The summed E-state index contributed by atoms with van der Waals surface area (Å²) in [6, 6.07) is 0. The minimum absolute atomic E-state index is 0.172. The number of hydrogen-bond donors (Lipinski definition) is 1. The zero-order valence-corrected chi connectivity index (χ0v) is 7.23. The van der Waals surface area contributed by atoms with E-state index in [-0.39, 0.29) is 5.56 Å². The summed E-state index contributed by atoms with van der Waals surface area (Å²) in [6.07, 6.45) is 0. The summed E-state index contributed by atoms with van der Waals surface area (Å²) in [7, 11) is 3.07. The molecule has 0 spiro atoms. The van der Waals surface area contributed by atoms with Gasteiger partial charge >= 0.3 is 5.56 Å². The molecule has 4 nitrogen and oxygen atoms in total. The summed E-state index contributed by atoms with van der Waals surface area (Å²) in [6.45, 7) is 0. The predicted octanol–water partition coefficient (Wildman–Crippen LogP) is 0.484. The van der Waals surface area contributed by atoms with Crippen LogP contribution in [0.3, 0.4) is 0 Å². The van der Waals surface area contributed by atoms with Crippen LogP contribution in [0.15, 0.2) is 9.40 Å². The summed E-state index contributed by atoms with van der Waals surface area (Å²) in [4.78, 5) is 11.0. The van der Waals surface area contributed by atoms with Crippen LogP contribution in [0.2, 0.25) is 0 Å². The second kappa shape index (κ2) is 2.49. The lowest BCUT2D eigenvalue weighted by Crippen LogP contribution is -2.12. The standard InChI is InChI=1S/C5H7BrN2O2/c1-8-5(9)3(10-2)4(6)7-8/h7H,1-2H3. The monoisotopic (exact) mass is 206 g/mol. The van der Waals surface area contributed by atoms with Crippen LogP contribution in [0.4, 0.5) is 0 Å². The van der Waals surface area contributed by atoms with Crippen LogP contribution in [-0.4, -0.2) is 16.9 Å². The van der Waals surface area contributed by atoms with Crippen molar-refractivity contribution in [2.45, 2.75) is 0 Å². The highest BCUT2D eigenvalue weighted by Crippen LogP contribution is 2.15. The van der Waals surface area contributed by atoms with Crippen LogP contribution in [0.1, 0.15) is 0 Å². The highest BCUT2D eigenvalue weighted by atomic mass is 79.9. The van der Waals surface area contributed by atoms with Crippen LogP contribution in [0, 0.1) is 0 Å². The van der Waals surface area contributed by atoms with Gasteiger partial charge in [0, 0.05) is 7.05 Å². The Hall–Kier alpha value is -0.710. The van der Waals surface area contributed by atoms with E-state index >= 15 is 0 Å². The van der Waals surface area contributed by atoms with Crippen LogP contribution in [0.5, 0.6) is 5.75 Å². The minimum atomic E-state index is -0.172. The first-order valence-electron chi connectivity index (χ1n) is 2.65. The summed E-state index contributed by atoms with van der Waals surface area (Å²) in [5.41, 5.74) is -0.172. The van der Waals surface area contributed by atoms with Gasteiger partial charge in [0.15, 0.2) is 0 Å². The molecule has 0 aliphatic heterocycles. The van der Waals surface area contributed by atoms with E-state index in [4.69, 9.17) is 4.74 Å². The molecule has 1 rings (SSSR count). The number of rotatable bonds is 1. The number of aromatic amines is 1. The van der Waals surface area contributed by atoms with Gasteiger partial charge in [-0.05, 0) is 15.9 Å². The van der Waals surface area contributed by atoms with E-state index in [0.717, 1.165) is 0 Å². The molecule has 0 radical (unpaired) electrons. The number of nitrogens with one attached hydrogen (secondary N) is 1. The largest absolute Gasteiger partial charge is 0.489 e. The summed E-state index contributed by atoms with van der Waals surface area (Å²) < 4.78 is 6.69. The van der Waals surface area contributed by atoms with Crippen LogP contribution < -0.4 is 10.3 Å². The Morgan fingerprint density at radius 3 is 2.50 bits per heavy atom. The highest BCUT2D eigenvalue weighted by Gasteiger charge is 2.08. The summed E-state index contributed by atoms with van der Waals surface area (Å²) in [5.74, 6) is 0.308. The summed E-state index contributed by atoms with van der Waals surface area (Å²) >= 11 is 3.13. The molecule has 1 aromatic rings. The molecule has 0 aliphatic carbocycles. The SMILES string of the molecule is COc1c(Br)[nH]n(C)c1=O. The third-order valence-corrected chi connectivity index (χ3v) is 1.71. The number of H-pyrrole nitrogens is 1. The smallest absolute Gasteiger partial charge is 0.309 e. The average molecular weight is 207 g/mol. The van der Waals surface area contributed by atoms with E-state index in [0.29, 0.717) is 10.4 Å². The minimum Gasteiger partial charge on any atom is -0.489 e. The average Bonchev–Trinajstić information content (AvgIpc) is 2.09. The lowest BCUT2D eigenvalue weighted by molar-refractivity contribution is 0.407. The number of aryl methyl sites for hydroxylation is 1. The van der Waals surface area contributed by atoms with Crippen molar-refractivity contribution >= 4 is 15.9 Å². The molecule has 1 N–H and O–H groups in total. The van der Waals surface area contributed by atoms with Gasteiger partial charge in [0.05, 0.1) is 7.11 Å². The fourth-order valence-electron chi connectivity index (χ4n) is 0.672. The van der Waals surface area contributed by atoms with Gasteiger partial charge in [-0.15, -0.1) is 0 Å². The third-order valence-electron chi connectivity index (χ3n) is 1.17. The highest BCUT2D eigenvalue weighted by molar-refractivity contribution is 9.10. The third kappa shape index (κ3) is 0.965. The Morgan fingerprint density at radius 2 is 2.30 bits per heavy atom. The van der Waals surface area contributed by atoms with Crippen LogP contribution in [-0.2, 0) is 7.05 Å². The lowest BCUT2D eigenvalue weighted by Gasteiger charge is -1.89. The van der Waals surface area contributed by atoms with Crippen LogP contribution >= 0.6 is 15.9 Å². The number of halogens is 1. The molecule has 0 aromatic carbocycles. The molecule has 56 valence electrons. The fourth-order valence-corrected chi connectivity index (χ4v) is 1.27. The first kappa shape index (κ1) is 7.40. The molecule has 0 atom stereocenters. The Morgan fingerprint density at radius 1 is 1.70 bits per heavy atom. The number of ether oxygens (including phenoxy) is 1. The molecular formula is C5H7BrN2O2. The van der Waals surface area contributed by atoms with Crippen molar-refractivity contribution in [1.82, 2.24) is 9.78 Å². The second-order valence-corrected chi connectivity index (χ2v) is 2.62. The first-order chi connectivity index (χ1) is 4.66. The Bertz CT molecular complexity index is 288. The predicted molar refractivity (Wildman–Crippen MR) is 40.3 cm³/mol. The fraction of sp³-hybridized carbons (Fsp3) is 0.400. The molecule has 10 heavy (non-hydrogen) atoms. The van der Waals surface area contributed by atoms with E-state index in [2.05, 4.69) is 21.0 Å². The van der Waals surface area contributed by atoms with Crippen molar-refractivity contribution in [3.8, 4) is 5.75 Å². The Balaban J connectivity index is 3.34. The van der Waals surface area contributed by atoms with Gasteiger partial charge in [-0.25, -0.2) is 0 Å². The zero-order chi connectivity index (χ0) is 7.72. The molecule has 1 aromatic heterocycles. The molecule has 0 aliphatic rings. The maximum atomic E-state index is 11.0. The van der Waals surface area contributed by atoms with Crippen molar-refractivity contribution in [3.05, 3.63) is 15.0 Å². The molecule has 0 fully saturated rings. The van der Waals surface area contributed by atoms with E-state index in [1.54, 1.807) is 7.05 Å². The van der Waals surface area contributed by atoms with Crippen molar-refractivity contribution in [1.29, 1.82) is 0 Å². The van der Waals surface area contributed by atoms with Gasteiger partial charge in [-0.1, -0.05) is 0 Å². The molecule has 0 saturated heterocycles.